The van der Waals surface area contributed by atoms with E-state index in [-0.39, 0.29) is 12.5 Å². The highest BCUT2D eigenvalue weighted by molar-refractivity contribution is 6.30. The Bertz CT molecular complexity index is 1160. The predicted octanol–water partition coefficient (Wildman–Crippen LogP) is 5.90. The lowest BCUT2D eigenvalue weighted by atomic mass is 10.1. The van der Waals surface area contributed by atoms with E-state index in [4.69, 9.17) is 21.1 Å². The summed E-state index contributed by atoms with van der Waals surface area (Å²) >= 11 is 6.07. The zero-order chi connectivity index (χ0) is 24.1. The van der Waals surface area contributed by atoms with Crippen molar-refractivity contribution in [2.24, 2.45) is 0 Å². The lowest BCUT2D eigenvalue weighted by Crippen LogP contribution is -2.49. The number of amides is 1. The number of halogens is 1. The van der Waals surface area contributed by atoms with Gasteiger partial charge in [-0.3, -0.25) is 4.79 Å². The standard InChI is InChI=1S/C28H31ClN2O3/c1-4-33-27-12-11-22(17-23(27)19-34-25-9-6-8-24(29)18-25)28(32)31-15-13-30(14-16-31)26-10-5-7-20(2)21(26)3/h5-12,17-18H,4,13-16,19H2,1-3H3. The van der Waals surface area contributed by atoms with Gasteiger partial charge in [-0.25, -0.2) is 0 Å². The number of ether oxygens (including phenoxy) is 2. The molecular weight excluding hydrogens is 448 g/mol. The summed E-state index contributed by atoms with van der Waals surface area (Å²) in [5.41, 5.74) is 5.33. The van der Waals surface area contributed by atoms with Crippen molar-refractivity contribution in [1.82, 2.24) is 4.90 Å². The zero-order valence-electron chi connectivity index (χ0n) is 20.0. The maximum atomic E-state index is 13.3. The van der Waals surface area contributed by atoms with Gasteiger partial charge in [-0.2, -0.15) is 0 Å². The summed E-state index contributed by atoms with van der Waals surface area (Å²) in [6.45, 7) is 10.1. The largest absolute Gasteiger partial charge is 0.493 e. The molecule has 5 nitrogen and oxygen atoms in total. The molecule has 4 rings (SSSR count). The van der Waals surface area contributed by atoms with E-state index in [1.54, 1.807) is 12.1 Å². The summed E-state index contributed by atoms with van der Waals surface area (Å²) in [5, 5.41) is 0.617. The molecule has 1 amide bonds. The lowest BCUT2D eigenvalue weighted by molar-refractivity contribution is 0.0746. The van der Waals surface area contributed by atoms with Gasteiger partial charge < -0.3 is 19.3 Å². The van der Waals surface area contributed by atoms with Crippen molar-refractivity contribution in [3.8, 4) is 11.5 Å². The van der Waals surface area contributed by atoms with Crippen molar-refractivity contribution >= 4 is 23.2 Å². The van der Waals surface area contributed by atoms with Gasteiger partial charge >= 0.3 is 0 Å². The summed E-state index contributed by atoms with van der Waals surface area (Å²) < 4.78 is 11.7. The van der Waals surface area contributed by atoms with E-state index in [0.29, 0.717) is 36.0 Å². The number of nitrogens with zero attached hydrogens (tertiary/aromatic N) is 2. The van der Waals surface area contributed by atoms with E-state index in [1.165, 1.54) is 16.8 Å². The predicted molar refractivity (Wildman–Crippen MR) is 137 cm³/mol. The maximum absolute atomic E-state index is 13.3. The third-order valence-electron chi connectivity index (χ3n) is 6.28. The fraction of sp³-hybridized carbons (Fsp3) is 0.321. The van der Waals surface area contributed by atoms with Crippen LogP contribution in [-0.4, -0.2) is 43.6 Å². The number of rotatable bonds is 7. The monoisotopic (exact) mass is 478 g/mol. The van der Waals surface area contributed by atoms with Crippen LogP contribution in [0.25, 0.3) is 0 Å². The third-order valence-corrected chi connectivity index (χ3v) is 6.52. The van der Waals surface area contributed by atoms with Crippen LogP contribution in [0.4, 0.5) is 5.69 Å². The van der Waals surface area contributed by atoms with Gasteiger partial charge in [-0.1, -0.05) is 29.8 Å². The molecule has 1 heterocycles. The molecule has 0 saturated carbocycles. The number of piperazine rings is 1. The first-order valence-electron chi connectivity index (χ1n) is 11.7. The molecule has 0 spiro atoms. The average molecular weight is 479 g/mol. The molecular formula is C28H31ClN2O3. The second kappa shape index (κ2) is 10.8. The summed E-state index contributed by atoms with van der Waals surface area (Å²) in [4.78, 5) is 17.6. The van der Waals surface area contributed by atoms with Crippen molar-refractivity contribution in [1.29, 1.82) is 0 Å². The number of carbonyl (C=O) groups excluding carboxylic acids is 1. The molecule has 0 radical (unpaired) electrons. The minimum Gasteiger partial charge on any atom is -0.493 e. The zero-order valence-corrected chi connectivity index (χ0v) is 20.8. The molecule has 0 aromatic heterocycles. The molecule has 0 bridgehead atoms. The second-order valence-electron chi connectivity index (χ2n) is 8.50. The number of benzene rings is 3. The van der Waals surface area contributed by atoms with Crippen molar-refractivity contribution < 1.29 is 14.3 Å². The van der Waals surface area contributed by atoms with Crippen LogP contribution in [0.5, 0.6) is 11.5 Å². The molecule has 1 saturated heterocycles. The molecule has 3 aromatic carbocycles. The second-order valence-corrected chi connectivity index (χ2v) is 8.94. The van der Waals surface area contributed by atoms with E-state index >= 15 is 0 Å². The SMILES string of the molecule is CCOc1ccc(C(=O)N2CCN(c3cccc(C)c3C)CC2)cc1COc1cccc(Cl)c1. The van der Waals surface area contributed by atoms with E-state index in [9.17, 15) is 4.79 Å². The Morgan fingerprint density at radius 3 is 2.44 bits per heavy atom. The Labute approximate surface area is 206 Å². The lowest BCUT2D eigenvalue weighted by Gasteiger charge is -2.37. The molecule has 0 unspecified atom stereocenters. The van der Waals surface area contributed by atoms with Crippen LogP contribution < -0.4 is 14.4 Å². The van der Waals surface area contributed by atoms with Crippen molar-refractivity contribution in [3.63, 3.8) is 0 Å². The van der Waals surface area contributed by atoms with Gasteiger partial charge in [0, 0.05) is 48.0 Å². The Balaban J connectivity index is 1.45. The highest BCUT2D eigenvalue weighted by Gasteiger charge is 2.24. The van der Waals surface area contributed by atoms with Gasteiger partial charge in [0.05, 0.1) is 6.61 Å². The van der Waals surface area contributed by atoms with Crippen molar-refractivity contribution in [2.75, 3.05) is 37.7 Å². The average Bonchev–Trinajstić information content (AvgIpc) is 2.85. The summed E-state index contributed by atoms with van der Waals surface area (Å²) in [6, 6.07) is 19.3. The first-order valence-corrected chi connectivity index (χ1v) is 12.1. The Morgan fingerprint density at radius 2 is 1.71 bits per heavy atom. The fourth-order valence-corrected chi connectivity index (χ4v) is 4.43. The third kappa shape index (κ3) is 5.48. The topological polar surface area (TPSA) is 42.0 Å². The van der Waals surface area contributed by atoms with E-state index in [2.05, 4.69) is 36.9 Å². The smallest absolute Gasteiger partial charge is 0.253 e. The number of hydrogen-bond acceptors (Lipinski definition) is 4. The van der Waals surface area contributed by atoms with E-state index < -0.39 is 0 Å². The number of hydrogen-bond donors (Lipinski definition) is 0. The summed E-state index contributed by atoms with van der Waals surface area (Å²) in [7, 11) is 0. The van der Waals surface area contributed by atoms with Gasteiger partial charge in [-0.15, -0.1) is 0 Å². The highest BCUT2D eigenvalue weighted by atomic mass is 35.5. The molecule has 178 valence electrons. The molecule has 1 fully saturated rings. The van der Waals surface area contributed by atoms with E-state index in [0.717, 1.165) is 24.4 Å². The van der Waals surface area contributed by atoms with E-state index in [1.807, 2.05) is 42.2 Å². The highest BCUT2D eigenvalue weighted by Crippen LogP contribution is 2.27. The quantitative estimate of drug-likeness (QED) is 0.424. The first kappa shape index (κ1) is 24.0. The normalized spacial score (nSPS) is 13.6. The molecule has 0 aliphatic carbocycles. The molecule has 6 heteroatoms. The Hall–Kier alpha value is -3.18. The minimum absolute atomic E-state index is 0.0349. The number of anilines is 1. The molecule has 1 aliphatic heterocycles. The first-order chi connectivity index (χ1) is 16.5. The van der Waals surface area contributed by atoms with Gasteiger partial charge in [0.1, 0.15) is 18.1 Å². The Kier molecular flexibility index (Phi) is 7.63. The van der Waals surface area contributed by atoms with Crippen LogP contribution in [0.1, 0.15) is 34.0 Å². The maximum Gasteiger partial charge on any atom is 0.253 e. The van der Waals surface area contributed by atoms with Crippen LogP contribution in [0.3, 0.4) is 0 Å². The van der Waals surface area contributed by atoms with Crippen LogP contribution >= 0.6 is 11.6 Å². The van der Waals surface area contributed by atoms with Crippen LogP contribution in [0.2, 0.25) is 5.02 Å². The molecule has 3 aromatic rings. The van der Waals surface area contributed by atoms with Crippen molar-refractivity contribution in [3.05, 3.63) is 87.9 Å². The van der Waals surface area contributed by atoms with Gasteiger partial charge in [0.2, 0.25) is 0 Å². The molecule has 34 heavy (non-hydrogen) atoms. The van der Waals surface area contributed by atoms with Crippen LogP contribution in [0, 0.1) is 13.8 Å². The number of carbonyl (C=O) groups is 1. The molecule has 1 aliphatic rings. The molecule has 0 atom stereocenters. The fourth-order valence-electron chi connectivity index (χ4n) is 4.25. The van der Waals surface area contributed by atoms with Gasteiger partial charge in [0.25, 0.3) is 5.91 Å². The minimum atomic E-state index is 0.0349. The Morgan fingerprint density at radius 1 is 0.941 bits per heavy atom. The molecule has 0 N–H and O–H groups in total. The van der Waals surface area contributed by atoms with Gasteiger partial charge in [-0.05, 0) is 74.4 Å². The summed E-state index contributed by atoms with van der Waals surface area (Å²) in [6.07, 6.45) is 0. The summed E-state index contributed by atoms with van der Waals surface area (Å²) in [5.74, 6) is 1.43. The van der Waals surface area contributed by atoms with Crippen molar-refractivity contribution in [2.45, 2.75) is 27.4 Å². The number of aryl methyl sites for hydroxylation is 1. The van der Waals surface area contributed by atoms with Crippen LogP contribution in [0.15, 0.2) is 60.7 Å². The van der Waals surface area contributed by atoms with Crippen LogP contribution in [-0.2, 0) is 6.61 Å². The van der Waals surface area contributed by atoms with Gasteiger partial charge in [0.15, 0.2) is 0 Å².